The molecule has 1 aromatic carbocycles. The molecule has 1 fully saturated rings. The van der Waals surface area contributed by atoms with Gasteiger partial charge in [-0.15, -0.1) is 0 Å². The predicted octanol–water partition coefficient (Wildman–Crippen LogP) is 1.94. The lowest BCUT2D eigenvalue weighted by molar-refractivity contribution is -0.0982. The van der Waals surface area contributed by atoms with Gasteiger partial charge in [0.2, 0.25) is 0 Å². The summed E-state index contributed by atoms with van der Waals surface area (Å²) in [5.74, 6) is 5.69. The molecule has 1 aromatic rings. The molecular formula is C14H22N2O. The van der Waals surface area contributed by atoms with Crippen molar-refractivity contribution >= 4 is 0 Å². The Morgan fingerprint density at radius 1 is 1.35 bits per heavy atom. The lowest BCUT2D eigenvalue weighted by atomic mass is 9.73. The Balaban J connectivity index is 2.07. The highest BCUT2D eigenvalue weighted by Gasteiger charge is 2.43. The topological polar surface area (TPSA) is 47.3 Å². The van der Waals surface area contributed by atoms with Gasteiger partial charge in [-0.25, -0.2) is 0 Å². The van der Waals surface area contributed by atoms with Gasteiger partial charge in [0.25, 0.3) is 0 Å². The summed E-state index contributed by atoms with van der Waals surface area (Å²) >= 11 is 0. The molecule has 1 saturated carbocycles. The number of nitrogens with one attached hydrogen (secondary N) is 1. The van der Waals surface area contributed by atoms with E-state index in [1.807, 2.05) is 0 Å². The molecule has 0 saturated heterocycles. The first-order valence-corrected chi connectivity index (χ1v) is 6.27. The number of ether oxygens (including phenoxy) is 1. The summed E-state index contributed by atoms with van der Waals surface area (Å²) in [6, 6.07) is 8.82. The van der Waals surface area contributed by atoms with Crippen molar-refractivity contribution in [3.63, 3.8) is 0 Å². The standard InChI is InChI=1S/C14H22N2O/c1-11-4-6-12(7-5-11)10-13(16-15)14(17-2)8-3-9-14/h4-7,13,16H,3,8-10,15H2,1-2H3. The molecule has 3 heteroatoms. The van der Waals surface area contributed by atoms with E-state index in [9.17, 15) is 0 Å². The van der Waals surface area contributed by atoms with Crippen molar-refractivity contribution < 1.29 is 4.74 Å². The summed E-state index contributed by atoms with van der Waals surface area (Å²) in [6.45, 7) is 2.10. The molecule has 0 amide bonds. The van der Waals surface area contributed by atoms with E-state index in [2.05, 4.69) is 36.6 Å². The van der Waals surface area contributed by atoms with Crippen LogP contribution in [0.4, 0.5) is 0 Å². The number of methoxy groups -OCH3 is 1. The van der Waals surface area contributed by atoms with Crippen LogP contribution in [0.15, 0.2) is 24.3 Å². The van der Waals surface area contributed by atoms with E-state index < -0.39 is 0 Å². The quantitative estimate of drug-likeness (QED) is 0.604. The highest BCUT2D eigenvalue weighted by molar-refractivity contribution is 5.23. The van der Waals surface area contributed by atoms with E-state index >= 15 is 0 Å². The van der Waals surface area contributed by atoms with Crippen LogP contribution < -0.4 is 11.3 Å². The lowest BCUT2D eigenvalue weighted by Gasteiger charge is -2.46. The fourth-order valence-corrected chi connectivity index (χ4v) is 2.58. The molecule has 0 heterocycles. The third-order valence-corrected chi connectivity index (χ3v) is 4.00. The van der Waals surface area contributed by atoms with Crippen LogP contribution >= 0.6 is 0 Å². The van der Waals surface area contributed by atoms with E-state index in [4.69, 9.17) is 10.6 Å². The van der Waals surface area contributed by atoms with Gasteiger partial charge in [0, 0.05) is 7.11 Å². The molecule has 17 heavy (non-hydrogen) atoms. The molecule has 0 spiro atoms. The second-order valence-electron chi connectivity index (χ2n) is 5.03. The Morgan fingerprint density at radius 3 is 2.41 bits per heavy atom. The minimum atomic E-state index is -0.0559. The van der Waals surface area contributed by atoms with Crippen LogP contribution in [0.25, 0.3) is 0 Å². The number of hydrazine groups is 1. The molecular weight excluding hydrogens is 212 g/mol. The lowest BCUT2D eigenvalue weighted by Crippen LogP contribution is -2.59. The summed E-state index contributed by atoms with van der Waals surface area (Å²) in [7, 11) is 1.79. The minimum absolute atomic E-state index is 0.0559. The smallest absolute Gasteiger partial charge is 0.0847 e. The van der Waals surface area contributed by atoms with Crippen LogP contribution in [-0.2, 0) is 11.2 Å². The first-order chi connectivity index (χ1) is 8.20. The summed E-state index contributed by atoms with van der Waals surface area (Å²) in [4.78, 5) is 0. The SMILES string of the molecule is COC1(C(Cc2ccc(C)cc2)NN)CCC1. The first kappa shape index (κ1) is 12.6. The van der Waals surface area contributed by atoms with Gasteiger partial charge in [-0.3, -0.25) is 11.3 Å². The molecule has 0 bridgehead atoms. The maximum Gasteiger partial charge on any atom is 0.0847 e. The van der Waals surface area contributed by atoms with Gasteiger partial charge in [-0.2, -0.15) is 0 Å². The molecule has 3 N–H and O–H groups in total. The number of nitrogens with two attached hydrogens (primary N) is 1. The van der Waals surface area contributed by atoms with Crippen LogP contribution in [0.2, 0.25) is 0 Å². The summed E-state index contributed by atoms with van der Waals surface area (Å²) in [5.41, 5.74) is 5.47. The Bertz CT molecular complexity index is 351. The molecule has 1 unspecified atom stereocenters. The molecule has 0 aromatic heterocycles. The van der Waals surface area contributed by atoms with Crippen molar-refractivity contribution in [1.82, 2.24) is 5.43 Å². The molecule has 3 nitrogen and oxygen atoms in total. The van der Waals surface area contributed by atoms with E-state index in [-0.39, 0.29) is 11.6 Å². The Morgan fingerprint density at radius 2 is 2.00 bits per heavy atom. The zero-order valence-corrected chi connectivity index (χ0v) is 10.7. The van der Waals surface area contributed by atoms with E-state index in [0.29, 0.717) is 0 Å². The Kier molecular flexibility index (Phi) is 3.82. The van der Waals surface area contributed by atoms with Crippen LogP contribution in [0.5, 0.6) is 0 Å². The van der Waals surface area contributed by atoms with Gasteiger partial charge in [-0.1, -0.05) is 29.8 Å². The monoisotopic (exact) mass is 234 g/mol. The van der Waals surface area contributed by atoms with Crippen LogP contribution in [-0.4, -0.2) is 18.8 Å². The molecule has 0 aliphatic heterocycles. The van der Waals surface area contributed by atoms with Gasteiger partial charge in [-0.05, 0) is 38.2 Å². The molecule has 1 aliphatic rings. The maximum absolute atomic E-state index is 5.69. The summed E-state index contributed by atoms with van der Waals surface area (Å²) in [5, 5.41) is 0. The second-order valence-corrected chi connectivity index (χ2v) is 5.03. The molecule has 1 atom stereocenters. The van der Waals surface area contributed by atoms with E-state index in [1.165, 1.54) is 17.5 Å². The molecule has 1 aliphatic carbocycles. The number of benzene rings is 1. The van der Waals surface area contributed by atoms with Crippen molar-refractivity contribution in [3.05, 3.63) is 35.4 Å². The van der Waals surface area contributed by atoms with Crippen molar-refractivity contribution in [3.8, 4) is 0 Å². The van der Waals surface area contributed by atoms with Gasteiger partial charge in [0.05, 0.1) is 11.6 Å². The van der Waals surface area contributed by atoms with Gasteiger partial charge < -0.3 is 4.74 Å². The van der Waals surface area contributed by atoms with Crippen molar-refractivity contribution in [1.29, 1.82) is 0 Å². The van der Waals surface area contributed by atoms with Crippen LogP contribution in [0.1, 0.15) is 30.4 Å². The van der Waals surface area contributed by atoms with Gasteiger partial charge >= 0.3 is 0 Å². The minimum Gasteiger partial charge on any atom is -0.377 e. The predicted molar refractivity (Wildman–Crippen MR) is 69.6 cm³/mol. The van der Waals surface area contributed by atoms with E-state index in [0.717, 1.165) is 19.3 Å². The summed E-state index contributed by atoms with van der Waals surface area (Å²) < 4.78 is 5.68. The molecule has 2 rings (SSSR count). The average molecular weight is 234 g/mol. The van der Waals surface area contributed by atoms with Crippen LogP contribution in [0.3, 0.4) is 0 Å². The fraction of sp³-hybridized carbons (Fsp3) is 0.571. The number of aryl methyl sites for hydroxylation is 1. The van der Waals surface area contributed by atoms with Gasteiger partial charge in [0.1, 0.15) is 0 Å². The zero-order chi connectivity index (χ0) is 12.3. The average Bonchev–Trinajstić information content (AvgIpc) is 2.29. The zero-order valence-electron chi connectivity index (χ0n) is 10.7. The largest absolute Gasteiger partial charge is 0.377 e. The second kappa shape index (κ2) is 5.17. The van der Waals surface area contributed by atoms with E-state index in [1.54, 1.807) is 7.11 Å². The normalized spacial score (nSPS) is 19.7. The van der Waals surface area contributed by atoms with Gasteiger partial charge in [0.15, 0.2) is 0 Å². The Labute approximate surface area is 103 Å². The third-order valence-electron chi connectivity index (χ3n) is 4.00. The number of hydrogen-bond acceptors (Lipinski definition) is 3. The number of hydrogen-bond donors (Lipinski definition) is 2. The highest BCUT2D eigenvalue weighted by atomic mass is 16.5. The first-order valence-electron chi connectivity index (χ1n) is 6.27. The van der Waals surface area contributed by atoms with Crippen molar-refractivity contribution in [2.75, 3.05) is 7.11 Å². The van der Waals surface area contributed by atoms with Crippen molar-refractivity contribution in [2.24, 2.45) is 5.84 Å². The molecule has 94 valence electrons. The fourth-order valence-electron chi connectivity index (χ4n) is 2.58. The maximum atomic E-state index is 5.69. The van der Waals surface area contributed by atoms with Crippen molar-refractivity contribution in [2.45, 2.75) is 44.2 Å². The third kappa shape index (κ3) is 2.51. The summed E-state index contributed by atoms with van der Waals surface area (Å²) in [6.07, 6.45) is 4.36. The highest BCUT2D eigenvalue weighted by Crippen LogP contribution is 2.38. The Hall–Kier alpha value is -0.900. The van der Waals surface area contributed by atoms with Crippen LogP contribution in [0, 0.1) is 6.92 Å². The molecule has 0 radical (unpaired) electrons. The number of rotatable bonds is 5.